The lowest BCUT2D eigenvalue weighted by Crippen LogP contribution is -2.18. The Morgan fingerprint density at radius 1 is 1.10 bits per heavy atom. The van der Waals surface area contributed by atoms with E-state index in [4.69, 9.17) is 0 Å². The Morgan fingerprint density at radius 3 is 2.37 bits per heavy atom. The lowest BCUT2D eigenvalue weighted by Gasteiger charge is -2.12. The van der Waals surface area contributed by atoms with Crippen LogP contribution >= 0.6 is 0 Å². The van der Waals surface area contributed by atoms with E-state index in [0.717, 1.165) is 11.1 Å². The lowest BCUT2D eigenvalue weighted by atomic mass is 9.98. The number of rotatable bonds is 7. The average Bonchev–Trinajstić information content (AvgIpc) is 3.12. The van der Waals surface area contributed by atoms with Gasteiger partial charge in [-0.2, -0.15) is 0 Å². The second-order valence-corrected chi connectivity index (χ2v) is 8.53. The van der Waals surface area contributed by atoms with Crippen molar-refractivity contribution in [3.63, 3.8) is 0 Å². The second-order valence-electron chi connectivity index (χ2n) is 6.64. The Balaban J connectivity index is 1.85. The molecule has 0 saturated heterocycles. The van der Waals surface area contributed by atoms with Crippen molar-refractivity contribution in [3.05, 3.63) is 66.1 Å². The normalized spacial score (nSPS) is 12.2. The fourth-order valence-electron chi connectivity index (χ4n) is 2.99. The molecule has 0 fully saturated rings. The highest BCUT2D eigenvalue weighted by molar-refractivity contribution is 7.89. The first-order valence-electron chi connectivity index (χ1n) is 8.97. The van der Waals surface area contributed by atoms with Crippen LogP contribution in [0.4, 0.5) is 13.2 Å². The van der Waals surface area contributed by atoms with Gasteiger partial charge in [0, 0.05) is 18.8 Å². The number of halogens is 3. The van der Waals surface area contributed by atoms with Crippen molar-refractivity contribution in [2.24, 2.45) is 7.05 Å². The quantitative estimate of drug-likeness (QED) is 0.610. The third kappa shape index (κ3) is 5.39. The standard InChI is InChI=1S/C20H20F3N3O3S/c1-24-30(27,28)17-10-7-15(18(11-17)19-12-26(2)13-25-19)6-3-14-4-8-16(9-5-14)29-20(21,22)23/h4-5,7-13,24H,3,6H2,1-2H3. The zero-order valence-electron chi connectivity index (χ0n) is 16.3. The van der Waals surface area contributed by atoms with Gasteiger partial charge in [-0.1, -0.05) is 18.2 Å². The number of benzene rings is 2. The molecule has 1 aromatic heterocycles. The van der Waals surface area contributed by atoms with Crippen LogP contribution in [0.2, 0.25) is 0 Å². The topological polar surface area (TPSA) is 73.2 Å². The maximum Gasteiger partial charge on any atom is 0.573 e. The van der Waals surface area contributed by atoms with Gasteiger partial charge in [0.2, 0.25) is 10.0 Å². The van der Waals surface area contributed by atoms with Crippen molar-refractivity contribution in [1.82, 2.24) is 14.3 Å². The molecule has 0 bridgehead atoms. The first kappa shape index (κ1) is 21.8. The number of alkyl halides is 3. The molecular formula is C20H20F3N3O3S. The van der Waals surface area contributed by atoms with Crippen molar-refractivity contribution < 1.29 is 26.3 Å². The Morgan fingerprint density at radius 2 is 1.80 bits per heavy atom. The number of nitrogens with one attached hydrogen (secondary N) is 1. The van der Waals surface area contributed by atoms with Gasteiger partial charge in [0.25, 0.3) is 0 Å². The number of aromatic nitrogens is 2. The summed E-state index contributed by atoms with van der Waals surface area (Å²) in [6, 6.07) is 10.5. The van der Waals surface area contributed by atoms with Gasteiger partial charge in [-0.25, -0.2) is 18.1 Å². The summed E-state index contributed by atoms with van der Waals surface area (Å²) in [5.41, 5.74) is 3.02. The smallest absolute Gasteiger partial charge is 0.406 e. The molecule has 0 amide bonds. The Hall–Kier alpha value is -2.85. The average molecular weight is 439 g/mol. The Kier molecular flexibility index (Phi) is 6.18. The Labute approximate surface area is 172 Å². The maximum absolute atomic E-state index is 12.3. The summed E-state index contributed by atoms with van der Waals surface area (Å²) >= 11 is 0. The maximum atomic E-state index is 12.3. The molecule has 6 nitrogen and oxygen atoms in total. The van der Waals surface area contributed by atoms with Gasteiger partial charge in [-0.15, -0.1) is 13.2 Å². The van der Waals surface area contributed by atoms with Crippen LogP contribution in [-0.4, -0.2) is 31.4 Å². The van der Waals surface area contributed by atoms with Crippen molar-refractivity contribution in [1.29, 1.82) is 0 Å². The number of aryl methyl sites for hydroxylation is 3. The molecule has 160 valence electrons. The largest absolute Gasteiger partial charge is 0.573 e. The molecule has 2 aromatic carbocycles. The molecule has 0 aliphatic rings. The third-order valence-electron chi connectivity index (χ3n) is 4.48. The number of sulfonamides is 1. The summed E-state index contributed by atoms with van der Waals surface area (Å²) in [4.78, 5) is 4.45. The number of ether oxygens (including phenoxy) is 1. The van der Waals surface area contributed by atoms with Gasteiger partial charge in [-0.3, -0.25) is 0 Å². The summed E-state index contributed by atoms with van der Waals surface area (Å²) in [5, 5.41) is 0. The van der Waals surface area contributed by atoms with Gasteiger partial charge < -0.3 is 9.30 Å². The van der Waals surface area contributed by atoms with Crippen LogP contribution in [0.15, 0.2) is 59.9 Å². The van der Waals surface area contributed by atoms with Crippen LogP contribution in [0.25, 0.3) is 11.3 Å². The first-order valence-corrected chi connectivity index (χ1v) is 10.5. The van der Waals surface area contributed by atoms with Gasteiger partial charge >= 0.3 is 6.36 Å². The molecule has 10 heteroatoms. The van der Waals surface area contributed by atoms with Crippen LogP contribution < -0.4 is 9.46 Å². The van der Waals surface area contributed by atoms with Gasteiger partial charge in [0.15, 0.2) is 0 Å². The zero-order chi connectivity index (χ0) is 21.9. The highest BCUT2D eigenvalue weighted by Crippen LogP contribution is 2.27. The minimum Gasteiger partial charge on any atom is -0.406 e. The summed E-state index contributed by atoms with van der Waals surface area (Å²) in [7, 11) is -0.458. The number of hydrogen-bond acceptors (Lipinski definition) is 4. The summed E-state index contributed by atoms with van der Waals surface area (Å²) < 4.78 is 69.2. The molecule has 1 heterocycles. The third-order valence-corrected chi connectivity index (χ3v) is 5.89. The van der Waals surface area contributed by atoms with Gasteiger partial charge in [-0.05, 0) is 55.3 Å². The van der Waals surface area contributed by atoms with Crippen LogP contribution in [-0.2, 0) is 29.9 Å². The van der Waals surface area contributed by atoms with E-state index in [1.807, 2.05) is 7.05 Å². The van der Waals surface area contributed by atoms with E-state index in [-0.39, 0.29) is 10.6 Å². The van der Waals surface area contributed by atoms with E-state index in [1.54, 1.807) is 41.4 Å². The zero-order valence-corrected chi connectivity index (χ0v) is 17.1. The fraction of sp³-hybridized carbons (Fsp3) is 0.250. The minimum atomic E-state index is -4.73. The Bertz CT molecular complexity index is 1120. The molecule has 0 radical (unpaired) electrons. The van der Waals surface area contributed by atoms with Gasteiger partial charge in [0.05, 0.1) is 16.9 Å². The monoisotopic (exact) mass is 439 g/mol. The first-order chi connectivity index (χ1) is 14.1. The minimum absolute atomic E-state index is 0.128. The molecule has 0 aliphatic carbocycles. The van der Waals surface area contributed by atoms with Gasteiger partial charge in [0.1, 0.15) is 5.75 Å². The SMILES string of the molecule is CNS(=O)(=O)c1ccc(CCc2ccc(OC(F)(F)F)cc2)c(-c2cn(C)cn2)c1. The van der Waals surface area contributed by atoms with E-state index in [0.29, 0.717) is 24.1 Å². The number of hydrogen-bond donors (Lipinski definition) is 1. The lowest BCUT2D eigenvalue weighted by molar-refractivity contribution is -0.274. The summed E-state index contributed by atoms with van der Waals surface area (Å²) in [6.07, 6.45) is -0.223. The van der Waals surface area contributed by atoms with Crippen LogP contribution in [0.1, 0.15) is 11.1 Å². The summed E-state index contributed by atoms with van der Waals surface area (Å²) in [6.45, 7) is 0. The van der Waals surface area contributed by atoms with E-state index in [1.165, 1.54) is 25.2 Å². The molecule has 0 aliphatic heterocycles. The van der Waals surface area contributed by atoms with Crippen LogP contribution in [0, 0.1) is 0 Å². The highest BCUT2D eigenvalue weighted by Gasteiger charge is 2.30. The molecule has 0 saturated carbocycles. The van der Waals surface area contributed by atoms with Crippen molar-refractivity contribution in [2.75, 3.05) is 7.05 Å². The predicted molar refractivity (Wildman–Crippen MR) is 105 cm³/mol. The molecule has 0 atom stereocenters. The van der Waals surface area contributed by atoms with Crippen molar-refractivity contribution >= 4 is 10.0 Å². The summed E-state index contributed by atoms with van der Waals surface area (Å²) in [5.74, 6) is -0.276. The van der Waals surface area contributed by atoms with E-state index in [9.17, 15) is 21.6 Å². The molecular weight excluding hydrogens is 419 g/mol. The molecule has 0 spiro atoms. The van der Waals surface area contributed by atoms with E-state index < -0.39 is 16.4 Å². The van der Waals surface area contributed by atoms with Crippen molar-refractivity contribution in [3.8, 4) is 17.0 Å². The van der Waals surface area contributed by atoms with E-state index in [2.05, 4.69) is 14.4 Å². The second kappa shape index (κ2) is 8.49. The fourth-order valence-corrected chi connectivity index (χ4v) is 3.74. The predicted octanol–water partition coefficient (Wildman–Crippen LogP) is 3.68. The molecule has 1 N–H and O–H groups in total. The van der Waals surface area contributed by atoms with E-state index >= 15 is 0 Å². The number of imidazole rings is 1. The molecule has 0 unspecified atom stereocenters. The van der Waals surface area contributed by atoms with Crippen LogP contribution in [0.5, 0.6) is 5.75 Å². The highest BCUT2D eigenvalue weighted by atomic mass is 32.2. The molecule has 3 rings (SSSR count). The van der Waals surface area contributed by atoms with Crippen LogP contribution in [0.3, 0.4) is 0 Å². The molecule has 3 aromatic rings. The molecule has 30 heavy (non-hydrogen) atoms. The van der Waals surface area contributed by atoms with Crippen molar-refractivity contribution in [2.45, 2.75) is 24.1 Å². The number of nitrogens with zero attached hydrogens (tertiary/aromatic N) is 2.